The molecule has 6 aromatic rings. The summed E-state index contributed by atoms with van der Waals surface area (Å²) in [5, 5.41) is 16.8. The molecule has 0 bridgehead atoms. The first kappa shape index (κ1) is 27.7. The number of hydrogen-bond donors (Lipinski definition) is 1. The molecule has 0 radical (unpaired) electrons. The molecule has 43 heavy (non-hydrogen) atoms. The van der Waals surface area contributed by atoms with Crippen LogP contribution in [0.5, 0.6) is 17.4 Å². The molecule has 0 aliphatic carbocycles. The van der Waals surface area contributed by atoms with Gasteiger partial charge in [-0.1, -0.05) is 30.3 Å². The third-order valence-corrected chi connectivity index (χ3v) is 7.61. The molecule has 0 amide bonds. The van der Waals surface area contributed by atoms with Gasteiger partial charge in [-0.05, 0) is 58.3 Å². The quantitative estimate of drug-likeness (QED) is 0.182. The average molecular weight is 605 g/mol. The molecule has 0 aliphatic rings. The zero-order chi connectivity index (χ0) is 30.3. The zero-order valence-corrected chi connectivity index (χ0v) is 22.9. The molecule has 3 heterocycles. The average Bonchev–Trinajstić information content (AvgIpc) is 3.56. The minimum atomic E-state index is -4.88. The Balaban J connectivity index is 1.47. The molecular weight excluding hydrogens is 585 g/mol. The van der Waals surface area contributed by atoms with Crippen LogP contribution < -0.4 is 25.0 Å². The van der Waals surface area contributed by atoms with Crippen molar-refractivity contribution in [3.63, 3.8) is 0 Å². The third-order valence-electron chi connectivity index (χ3n) is 6.52. The van der Waals surface area contributed by atoms with E-state index in [4.69, 9.17) is 20.0 Å². The summed E-state index contributed by atoms with van der Waals surface area (Å²) in [7, 11) is 1.57. The Bertz CT molecular complexity index is 1960. The van der Waals surface area contributed by atoms with Crippen molar-refractivity contribution in [3.8, 4) is 45.5 Å². The van der Waals surface area contributed by atoms with Gasteiger partial charge < -0.3 is 24.8 Å². The monoisotopic (exact) mass is 604 g/mol. The number of pyridine rings is 1. The number of carbonyl (C=O) groups excluding carboxylic acids is 1. The fourth-order valence-corrected chi connectivity index (χ4v) is 5.62. The number of halogens is 3. The maximum absolute atomic E-state index is 13.8. The first-order chi connectivity index (χ1) is 20.6. The van der Waals surface area contributed by atoms with Gasteiger partial charge in [0, 0.05) is 23.1 Å². The van der Waals surface area contributed by atoms with Gasteiger partial charge in [-0.25, -0.2) is 4.98 Å². The number of carbonyl (C=O) groups is 1. The highest BCUT2D eigenvalue weighted by molar-refractivity contribution is 7.21. The van der Waals surface area contributed by atoms with E-state index in [2.05, 4.69) is 10.0 Å². The number of alkyl halides is 3. The van der Waals surface area contributed by atoms with Crippen molar-refractivity contribution in [2.24, 2.45) is 0 Å². The lowest BCUT2D eigenvalue weighted by Gasteiger charge is -2.09. The van der Waals surface area contributed by atoms with E-state index in [1.54, 1.807) is 7.11 Å². The summed E-state index contributed by atoms with van der Waals surface area (Å²) in [6.07, 6.45) is -4.88. The van der Waals surface area contributed by atoms with Gasteiger partial charge in [-0.3, -0.25) is 4.79 Å². The van der Waals surface area contributed by atoms with E-state index in [0.717, 1.165) is 44.8 Å². The standard InChI is InChI=1S/C30H19F3N4O5S/c1-40-19-11-7-17(8-12-19)22-15-21(16-5-3-2-4-6-16)23-24(34)27(43-28(23)35-22)26(38)25-29(39)42-36-37(25)18-9-13-20(14-10-18)41-30(31,32)33/h2-15H,1H3,(H2-,34,36,38,39). The highest BCUT2D eigenvalue weighted by Crippen LogP contribution is 2.42. The highest BCUT2D eigenvalue weighted by Gasteiger charge is 2.34. The number of nitrogens with two attached hydrogens (primary N) is 1. The topological polar surface area (TPSA) is 127 Å². The number of nitrogen functional groups attached to an aromatic ring is 1. The number of hydrogen-bond acceptors (Lipinski definition) is 9. The minimum absolute atomic E-state index is 0.0256. The predicted octanol–water partition coefficient (Wildman–Crippen LogP) is 5.69. The molecule has 0 atom stereocenters. The molecule has 13 heteroatoms. The summed E-state index contributed by atoms with van der Waals surface area (Å²) in [5.74, 6) is -1.64. The van der Waals surface area contributed by atoms with Crippen LogP contribution in [0.15, 0.2) is 89.5 Å². The van der Waals surface area contributed by atoms with E-state index in [-0.39, 0.29) is 16.3 Å². The van der Waals surface area contributed by atoms with E-state index in [9.17, 15) is 23.1 Å². The summed E-state index contributed by atoms with van der Waals surface area (Å²) >= 11 is 1.000. The van der Waals surface area contributed by atoms with E-state index in [1.807, 2.05) is 60.7 Å². The first-order valence-electron chi connectivity index (χ1n) is 12.6. The number of ether oxygens (including phenoxy) is 2. The van der Waals surface area contributed by atoms with E-state index in [1.165, 1.54) is 12.1 Å². The van der Waals surface area contributed by atoms with Gasteiger partial charge in [0.2, 0.25) is 5.69 Å². The van der Waals surface area contributed by atoms with Crippen molar-refractivity contribution in [2.75, 3.05) is 12.8 Å². The number of fused-ring (bicyclic) bond motifs is 1. The molecule has 0 spiro atoms. The molecular formula is C30H19F3N4O5S. The van der Waals surface area contributed by atoms with Crippen molar-refractivity contribution >= 4 is 33.0 Å². The Morgan fingerprint density at radius 2 is 1.65 bits per heavy atom. The van der Waals surface area contributed by atoms with Gasteiger partial charge in [-0.2, -0.15) is 0 Å². The molecule has 6 rings (SSSR count). The molecule has 2 N–H and O–H groups in total. The zero-order valence-electron chi connectivity index (χ0n) is 22.1. The summed E-state index contributed by atoms with van der Waals surface area (Å²) in [5.41, 5.74) is 9.28. The number of nitrogens with zero attached hydrogens (tertiary/aromatic N) is 3. The fraction of sp³-hybridized carbons (Fsp3) is 0.0667. The minimum Gasteiger partial charge on any atom is -0.539 e. The lowest BCUT2D eigenvalue weighted by molar-refractivity contribution is -0.672. The van der Waals surface area contributed by atoms with Crippen LogP contribution in [-0.4, -0.2) is 29.5 Å². The Morgan fingerprint density at radius 1 is 0.977 bits per heavy atom. The Kier molecular flexibility index (Phi) is 6.94. The molecule has 0 fully saturated rings. The van der Waals surface area contributed by atoms with E-state index < -0.39 is 29.5 Å². The van der Waals surface area contributed by atoms with Gasteiger partial charge in [-0.15, -0.1) is 24.5 Å². The van der Waals surface area contributed by atoms with Crippen LogP contribution in [0.3, 0.4) is 0 Å². The molecule has 3 aromatic carbocycles. The second-order valence-corrected chi connectivity index (χ2v) is 10.2. The second kappa shape index (κ2) is 10.8. The third kappa shape index (κ3) is 5.33. The molecule has 3 aromatic heterocycles. The van der Waals surface area contributed by atoms with Crippen molar-refractivity contribution in [1.29, 1.82) is 0 Å². The molecule has 0 unspecified atom stereocenters. The van der Waals surface area contributed by atoms with Crippen molar-refractivity contribution in [1.82, 2.24) is 10.3 Å². The maximum atomic E-state index is 13.8. The Hall–Kier alpha value is -5.43. The van der Waals surface area contributed by atoms with Gasteiger partial charge in [0.15, 0.2) is 5.95 Å². The number of benzene rings is 3. The number of anilines is 1. The summed E-state index contributed by atoms with van der Waals surface area (Å²) in [4.78, 5) is 19.1. The molecule has 216 valence electrons. The smallest absolute Gasteiger partial charge is 0.539 e. The lowest BCUT2D eigenvalue weighted by atomic mass is 9.99. The van der Waals surface area contributed by atoms with Gasteiger partial charge in [0.1, 0.15) is 21.2 Å². The lowest BCUT2D eigenvalue weighted by Crippen LogP contribution is -2.39. The van der Waals surface area contributed by atoms with Crippen LogP contribution in [-0.2, 0) is 0 Å². The SMILES string of the molecule is COc1ccc(-c2cc(-c3ccccc3)c3c(N)c(C(=O)c4c([O-])on[n+]4-c4ccc(OC(F)(F)F)cc4)sc3n2)cc1. The van der Waals surface area contributed by atoms with Crippen LogP contribution >= 0.6 is 11.3 Å². The number of thiophene rings is 1. The largest absolute Gasteiger partial charge is 0.573 e. The van der Waals surface area contributed by atoms with Gasteiger partial charge in [0.25, 0.3) is 5.78 Å². The van der Waals surface area contributed by atoms with Crippen LogP contribution in [0.4, 0.5) is 18.9 Å². The number of ketones is 1. The van der Waals surface area contributed by atoms with Gasteiger partial charge >= 0.3 is 12.1 Å². The highest BCUT2D eigenvalue weighted by atomic mass is 32.1. The molecule has 9 nitrogen and oxygen atoms in total. The molecule has 0 aliphatic heterocycles. The maximum Gasteiger partial charge on any atom is 0.573 e. The van der Waals surface area contributed by atoms with E-state index >= 15 is 0 Å². The second-order valence-electron chi connectivity index (χ2n) is 9.17. The summed E-state index contributed by atoms with van der Waals surface area (Å²) in [6, 6.07) is 23.1. The first-order valence-corrected chi connectivity index (χ1v) is 13.4. The summed E-state index contributed by atoms with van der Waals surface area (Å²) in [6.45, 7) is 0. The van der Waals surface area contributed by atoms with Crippen molar-refractivity contribution < 1.29 is 41.8 Å². The van der Waals surface area contributed by atoms with E-state index in [0.29, 0.717) is 21.7 Å². The van der Waals surface area contributed by atoms with Crippen molar-refractivity contribution in [3.05, 3.63) is 95.5 Å². The Morgan fingerprint density at radius 3 is 2.30 bits per heavy atom. The Labute approximate surface area is 245 Å². The molecule has 0 saturated heterocycles. The predicted molar refractivity (Wildman–Crippen MR) is 149 cm³/mol. The van der Waals surface area contributed by atoms with Crippen LogP contribution in [0.25, 0.3) is 38.3 Å². The van der Waals surface area contributed by atoms with Crippen LogP contribution in [0.2, 0.25) is 0 Å². The normalized spacial score (nSPS) is 11.5. The summed E-state index contributed by atoms with van der Waals surface area (Å²) < 4.78 is 52.6. The van der Waals surface area contributed by atoms with Gasteiger partial charge in [0.05, 0.1) is 23.8 Å². The number of aromatic nitrogens is 3. The number of methoxy groups -OCH3 is 1. The molecule has 0 saturated carbocycles. The number of rotatable bonds is 7. The van der Waals surface area contributed by atoms with Crippen LogP contribution in [0.1, 0.15) is 15.4 Å². The van der Waals surface area contributed by atoms with Crippen LogP contribution in [0, 0.1) is 0 Å². The fourth-order valence-electron chi connectivity index (χ4n) is 4.55. The van der Waals surface area contributed by atoms with Crippen molar-refractivity contribution in [2.45, 2.75) is 6.36 Å².